The monoisotopic (exact) mass is 336 g/mol. The van der Waals surface area contributed by atoms with Gasteiger partial charge >= 0.3 is 0 Å². The van der Waals surface area contributed by atoms with Crippen LogP contribution in [0, 0.1) is 18.6 Å². The van der Waals surface area contributed by atoms with Gasteiger partial charge in [0.25, 0.3) is 0 Å². The standard InChI is InChI=1S/C12H6F2N6S2/c1-5-9(22-19-15-5)10-16-17-12-20(10)18-11(21-12)6-3-2-4-7(13)8(6)14/h2-4H,1H3. The maximum atomic E-state index is 13.9. The van der Waals surface area contributed by atoms with Gasteiger partial charge in [0.15, 0.2) is 22.5 Å². The molecular formula is C12H6F2N6S2. The van der Waals surface area contributed by atoms with Gasteiger partial charge in [0.1, 0.15) is 4.88 Å². The normalized spacial score (nSPS) is 11.4. The average Bonchev–Trinajstić information content (AvgIpc) is 3.17. The number of benzene rings is 1. The van der Waals surface area contributed by atoms with Crippen LogP contribution in [0.25, 0.3) is 26.2 Å². The van der Waals surface area contributed by atoms with E-state index >= 15 is 0 Å². The van der Waals surface area contributed by atoms with E-state index < -0.39 is 11.6 Å². The predicted octanol–water partition coefficient (Wildman–Crippen LogP) is 2.96. The van der Waals surface area contributed by atoms with Gasteiger partial charge in [-0.05, 0) is 30.6 Å². The molecule has 0 N–H and O–H groups in total. The zero-order valence-corrected chi connectivity index (χ0v) is 12.6. The van der Waals surface area contributed by atoms with Crippen molar-refractivity contribution < 1.29 is 8.78 Å². The van der Waals surface area contributed by atoms with Crippen LogP contribution in [0.15, 0.2) is 18.2 Å². The summed E-state index contributed by atoms with van der Waals surface area (Å²) >= 11 is 2.31. The van der Waals surface area contributed by atoms with Gasteiger partial charge in [-0.3, -0.25) is 0 Å². The molecule has 0 unspecified atom stereocenters. The minimum absolute atomic E-state index is 0.0978. The summed E-state index contributed by atoms with van der Waals surface area (Å²) in [6.45, 7) is 1.80. The molecule has 0 atom stereocenters. The van der Waals surface area contributed by atoms with Gasteiger partial charge in [-0.15, -0.1) is 15.3 Å². The van der Waals surface area contributed by atoms with Crippen LogP contribution in [0.4, 0.5) is 8.78 Å². The predicted molar refractivity (Wildman–Crippen MR) is 77.7 cm³/mol. The quantitative estimate of drug-likeness (QED) is 0.563. The van der Waals surface area contributed by atoms with Crippen LogP contribution in [0.2, 0.25) is 0 Å². The number of nitrogens with zero attached hydrogens (tertiary/aromatic N) is 6. The summed E-state index contributed by atoms with van der Waals surface area (Å²) in [6.07, 6.45) is 0. The maximum Gasteiger partial charge on any atom is 0.235 e. The third-order valence-electron chi connectivity index (χ3n) is 3.03. The summed E-state index contributed by atoms with van der Waals surface area (Å²) in [7, 11) is 0. The maximum absolute atomic E-state index is 13.9. The molecule has 3 aromatic heterocycles. The number of hydrogen-bond acceptors (Lipinski definition) is 7. The van der Waals surface area contributed by atoms with E-state index in [1.807, 2.05) is 0 Å². The van der Waals surface area contributed by atoms with Crippen molar-refractivity contribution in [2.45, 2.75) is 6.92 Å². The van der Waals surface area contributed by atoms with Crippen molar-refractivity contribution in [3.05, 3.63) is 35.5 Å². The Morgan fingerprint density at radius 3 is 2.77 bits per heavy atom. The lowest BCUT2D eigenvalue weighted by Gasteiger charge is -1.98. The topological polar surface area (TPSA) is 68.9 Å². The molecule has 0 fully saturated rings. The molecule has 4 rings (SSSR count). The van der Waals surface area contributed by atoms with Crippen LogP contribution >= 0.6 is 22.9 Å². The number of aromatic nitrogens is 6. The van der Waals surface area contributed by atoms with Crippen molar-refractivity contribution in [2.24, 2.45) is 0 Å². The van der Waals surface area contributed by atoms with Crippen molar-refractivity contribution in [1.82, 2.24) is 29.4 Å². The fourth-order valence-corrected chi connectivity index (χ4v) is 3.46. The Bertz CT molecular complexity index is 989. The summed E-state index contributed by atoms with van der Waals surface area (Å²) < 4.78 is 32.6. The zero-order valence-electron chi connectivity index (χ0n) is 11.0. The van der Waals surface area contributed by atoms with Gasteiger partial charge < -0.3 is 0 Å². The lowest BCUT2D eigenvalue weighted by atomic mass is 10.2. The molecule has 4 aromatic rings. The zero-order chi connectivity index (χ0) is 15.3. The van der Waals surface area contributed by atoms with Gasteiger partial charge in [-0.1, -0.05) is 21.9 Å². The van der Waals surface area contributed by atoms with E-state index in [9.17, 15) is 8.78 Å². The van der Waals surface area contributed by atoms with Gasteiger partial charge in [-0.25, -0.2) is 8.78 Å². The summed E-state index contributed by atoms with van der Waals surface area (Å²) in [5, 5.41) is 16.6. The second-order valence-electron chi connectivity index (χ2n) is 4.41. The summed E-state index contributed by atoms with van der Waals surface area (Å²) in [6, 6.07) is 3.98. The van der Waals surface area contributed by atoms with Crippen molar-refractivity contribution in [3.8, 4) is 21.3 Å². The van der Waals surface area contributed by atoms with E-state index in [4.69, 9.17) is 0 Å². The molecule has 110 valence electrons. The Kier molecular flexibility index (Phi) is 2.94. The Balaban J connectivity index is 1.91. The molecule has 0 saturated heterocycles. The Labute approximate surface area is 130 Å². The molecule has 0 saturated carbocycles. The van der Waals surface area contributed by atoms with Crippen molar-refractivity contribution in [3.63, 3.8) is 0 Å². The van der Waals surface area contributed by atoms with Crippen LogP contribution in [0.1, 0.15) is 5.69 Å². The summed E-state index contributed by atoms with van der Waals surface area (Å²) in [4.78, 5) is 1.23. The fraction of sp³-hybridized carbons (Fsp3) is 0.0833. The Morgan fingerprint density at radius 1 is 1.14 bits per heavy atom. The molecule has 0 bridgehead atoms. The van der Waals surface area contributed by atoms with E-state index in [1.165, 1.54) is 28.2 Å². The smallest absolute Gasteiger partial charge is 0.204 e. The molecule has 6 nitrogen and oxygen atoms in total. The summed E-state index contributed by atoms with van der Waals surface area (Å²) in [5.41, 5.74) is 0.811. The van der Waals surface area contributed by atoms with E-state index in [-0.39, 0.29) is 5.56 Å². The first-order valence-corrected chi connectivity index (χ1v) is 7.70. The van der Waals surface area contributed by atoms with Gasteiger partial charge in [-0.2, -0.15) is 9.61 Å². The number of fused-ring (bicyclic) bond motifs is 1. The van der Waals surface area contributed by atoms with Crippen molar-refractivity contribution in [1.29, 1.82) is 0 Å². The molecule has 3 heterocycles. The first-order valence-electron chi connectivity index (χ1n) is 6.11. The van der Waals surface area contributed by atoms with E-state index in [0.29, 0.717) is 21.5 Å². The highest BCUT2D eigenvalue weighted by atomic mass is 32.1. The molecule has 0 amide bonds. The van der Waals surface area contributed by atoms with Crippen molar-refractivity contribution >= 4 is 27.8 Å². The van der Waals surface area contributed by atoms with E-state index in [1.54, 1.807) is 6.92 Å². The number of aryl methyl sites for hydroxylation is 1. The van der Waals surface area contributed by atoms with Crippen LogP contribution in [-0.4, -0.2) is 29.4 Å². The Hall–Kier alpha value is -2.33. The highest BCUT2D eigenvalue weighted by Crippen LogP contribution is 2.31. The molecule has 0 spiro atoms. The largest absolute Gasteiger partial charge is 0.235 e. The first kappa shape index (κ1) is 13.3. The number of hydrogen-bond donors (Lipinski definition) is 0. The van der Waals surface area contributed by atoms with Crippen molar-refractivity contribution in [2.75, 3.05) is 0 Å². The molecule has 0 aliphatic rings. The SMILES string of the molecule is Cc1nnsc1-c1nnc2sc(-c3cccc(F)c3F)nn12. The highest BCUT2D eigenvalue weighted by Gasteiger charge is 2.20. The Morgan fingerprint density at radius 2 is 2.00 bits per heavy atom. The van der Waals surface area contributed by atoms with Crippen LogP contribution in [0.5, 0.6) is 0 Å². The minimum atomic E-state index is -0.926. The second-order valence-corrected chi connectivity index (χ2v) is 6.12. The minimum Gasteiger partial charge on any atom is -0.204 e. The summed E-state index contributed by atoms with van der Waals surface area (Å²) in [5.74, 6) is -1.35. The molecular weight excluding hydrogens is 330 g/mol. The molecule has 10 heteroatoms. The van der Waals surface area contributed by atoms with Crippen LogP contribution in [0.3, 0.4) is 0 Å². The van der Waals surface area contributed by atoms with Gasteiger partial charge in [0, 0.05) is 0 Å². The third kappa shape index (κ3) is 1.91. The number of halogens is 2. The van der Waals surface area contributed by atoms with Crippen LogP contribution in [-0.2, 0) is 0 Å². The highest BCUT2D eigenvalue weighted by molar-refractivity contribution is 7.19. The van der Waals surface area contributed by atoms with Gasteiger partial charge in [0.05, 0.1) is 11.3 Å². The fourth-order valence-electron chi connectivity index (χ4n) is 1.97. The second kappa shape index (κ2) is 4.85. The molecule has 0 radical (unpaired) electrons. The lowest BCUT2D eigenvalue weighted by molar-refractivity contribution is 0.511. The first-order chi connectivity index (χ1) is 10.6. The van der Waals surface area contributed by atoms with Crippen LogP contribution < -0.4 is 0 Å². The van der Waals surface area contributed by atoms with Gasteiger partial charge in [0.2, 0.25) is 4.96 Å². The number of rotatable bonds is 2. The lowest BCUT2D eigenvalue weighted by Crippen LogP contribution is -1.93. The molecule has 0 aliphatic carbocycles. The van der Waals surface area contributed by atoms with E-state index in [0.717, 1.165) is 22.3 Å². The van der Waals surface area contributed by atoms with E-state index in [2.05, 4.69) is 24.9 Å². The third-order valence-corrected chi connectivity index (χ3v) is 4.78. The average molecular weight is 336 g/mol. The molecule has 1 aromatic carbocycles. The molecule has 22 heavy (non-hydrogen) atoms. The molecule has 0 aliphatic heterocycles.